The fourth-order valence-electron chi connectivity index (χ4n) is 3.46. The number of amides is 1. The number of nitrogens with zero attached hydrogens (tertiary/aromatic N) is 3. The lowest BCUT2D eigenvalue weighted by Crippen LogP contribution is -2.18. The first kappa shape index (κ1) is 21.9. The molecule has 1 amide bonds. The fraction of sp³-hybridized carbons (Fsp3) is 0.125. The highest BCUT2D eigenvalue weighted by Gasteiger charge is 2.13. The zero-order valence-electron chi connectivity index (χ0n) is 17.9. The quantitative estimate of drug-likeness (QED) is 0.409. The van der Waals surface area contributed by atoms with E-state index in [0.717, 1.165) is 22.5 Å². The van der Waals surface area contributed by atoms with E-state index in [-0.39, 0.29) is 11.7 Å². The zero-order valence-corrected chi connectivity index (χ0v) is 17.9. The van der Waals surface area contributed by atoms with Gasteiger partial charge in [-0.3, -0.25) is 9.20 Å². The van der Waals surface area contributed by atoms with Gasteiger partial charge in [0.15, 0.2) is 11.5 Å². The van der Waals surface area contributed by atoms with Crippen LogP contribution in [0.5, 0.6) is 5.75 Å². The number of anilines is 2. The van der Waals surface area contributed by atoms with Gasteiger partial charge in [0.2, 0.25) is 0 Å². The minimum Gasteiger partial charge on any atom is -0.435 e. The number of alkyl halides is 2. The number of ether oxygens (including phenoxy) is 1. The summed E-state index contributed by atoms with van der Waals surface area (Å²) < 4.78 is 31.1. The molecule has 2 heterocycles. The summed E-state index contributed by atoms with van der Waals surface area (Å²) in [6.45, 7) is -0.987. The lowest BCUT2D eigenvalue weighted by Gasteiger charge is -2.11. The molecule has 7 nitrogen and oxygen atoms in total. The van der Waals surface area contributed by atoms with E-state index in [4.69, 9.17) is 0 Å². The fourth-order valence-corrected chi connectivity index (χ4v) is 3.46. The average Bonchev–Trinajstić information content (AvgIpc) is 3.24. The molecule has 2 aromatic carbocycles. The largest absolute Gasteiger partial charge is 0.435 e. The smallest absolute Gasteiger partial charge is 0.387 e. The van der Waals surface area contributed by atoms with Gasteiger partial charge in [0.1, 0.15) is 5.75 Å². The number of allylic oxidation sites excluding steroid dienone is 1. The van der Waals surface area contributed by atoms with E-state index in [1.165, 1.54) is 12.1 Å². The standard InChI is InChI=1S/C24H21F2N5O2/c1-3-4-16-13-17(7-10-19(16)23(32)27-2)30-21-22-29-14-20(31(22)12-11-28-21)15-5-8-18(9-6-15)33-24(25)26/h3-14,24H,1-2H3,(H,27,32)(H,28,30). The van der Waals surface area contributed by atoms with Gasteiger partial charge in [0, 0.05) is 36.3 Å². The lowest BCUT2D eigenvalue weighted by molar-refractivity contribution is -0.0498. The molecule has 2 N–H and O–H groups in total. The summed E-state index contributed by atoms with van der Waals surface area (Å²) in [5.41, 5.74) is 4.21. The molecule has 0 aliphatic rings. The molecule has 0 unspecified atom stereocenters. The van der Waals surface area contributed by atoms with Crippen molar-refractivity contribution in [1.29, 1.82) is 0 Å². The first-order valence-corrected chi connectivity index (χ1v) is 10.1. The summed E-state index contributed by atoms with van der Waals surface area (Å²) in [5, 5.41) is 5.90. The summed E-state index contributed by atoms with van der Waals surface area (Å²) >= 11 is 0. The number of carbonyl (C=O) groups excluding carboxylic acids is 1. The number of rotatable bonds is 7. The van der Waals surface area contributed by atoms with Crippen molar-refractivity contribution >= 4 is 29.1 Å². The predicted octanol–water partition coefficient (Wildman–Crippen LogP) is 5.13. The number of fused-ring (bicyclic) bond motifs is 1. The molecule has 0 aliphatic carbocycles. The minimum absolute atomic E-state index is 0.0868. The van der Waals surface area contributed by atoms with Crippen LogP contribution in [0.4, 0.5) is 20.3 Å². The maximum Gasteiger partial charge on any atom is 0.387 e. The molecule has 168 valence electrons. The zero-order chi connectivity index (χ0) is 23.4. The van der Waals surface area contributed by atoms with Gasteiger partial charge in [-0.1, -0.05) is 12.2 Å². The van der Waals surface area contributed by atoms with E-state index < -0.39 is 6.61 Å². The normalized spacial score (nSPS) is 11.3. The van der Waals surface area contributed by atoms with Crippen LogP contribution in [0.15, 0.2) is 67.1 Å². The monoisotopic (exact) mass is 449 g/mol. The van der Waals surface area contributed by atoms with Crippen LogP contribution >= 0.6 is 0 Å². The Morgan fingerprint density at radius 1 is 1.15 bits per heavy atom. The number of nitrogens with one attached hydrogen (secondary N) is 2. The van der Waals surface area contributed by atoms with Crippen molar-refractivity contribution in [1.82, 2.24) is 19.7 Å². The molecule has 4 rings (SSSR count). The van der Waals surface area contributed by atoms with Gasteiger partial charge >= 0.3 is 6.61 Å². The van der Waals surface area contributed by atoms with Gasteiger partial charge < -0.3 is 15.4 Å². The molecule has 4 aromatic rings. The van der Waals surface area contributed by atoms with Crippen LogP contribution in [0, 0.1) is 0 Å². The highest BCUT2D eigenvalue weighted by molar-refractivity contribution is 5.98. The number of imidazole rings is 1. The van der Waals surface area contributed by atoms with Gasteiger partial charge in [-0.2, -0.15) is 8.78 Å². The Kier molecular flexibility index (Phi) is 6.30. The van der Waals surface area contributed by atoms with Crippen molar-refractivity contribution in [2.24, 2.45) is 0 Å². The number of hydrogen-bond acceptors (Lipinski definition) is 5. The van der Waals surface area contributed by atoms with Crippen LogP contribution in [0.3, 0.4) is 0 Å². The maximum atomic E-state index is 12.4. The highest BCUT2D eigenvalue weighted by atomic mass is 19.3. The summed E-state index contributed by atoms with van der Waals surface area (Å²) in [7, 11) is 1.59. The first-order valence-electron chi connectivity index (χ1n) is 10.1. The van der Waals surface area contributed by atoms with Crippen molar-refractivity contribution < 1.29 is 18.3 Å². The van der Waals surface area contributed by atoms with Gasteiger partial charge in [0.05, 0.1) is 11.9 Å². The van der Waals surface area contributed by atoms with E-state index in [1.807, 2.05) is 29.5 Å². The van der Waals surface area contributed by atoms with Crippen LogP contribution in [0.25, 0.3) is 23.0 Å². The van der Waals surface area contributed by atoms with E-state index in [1.54, 1.807) is 49.9 Å². The summed E-state index contributed by atoms with van der Waals surface area (Å²) in [6.07, 6.45) is 8.82. The third-order valence-corrected chi connectivity index (χ3v) is 4.94. The average molecular weight is 449 g/mol. The number of benzene rings is 2. The van der Waals surface area contributed by atoms with Crippen molar-refractivity contribution in [2.45, 2.75) is 13.5 Å². The molecule has 0 fully saturated rings. The summed E-state index contributed by atoms with van der Waals surface area (Å²) in [6, 6.07) is 11.8. The van der Waals surface area contributed by atoms with Crippen molar-refractivity contribution in [3.8, 4) is 17.0 Å². The SMILES string of the molecule is CC=Cc1cc(Nc2nccn3c(-c4ccc(OC(F)F)cc4)cnc23)ccc1C(=O)NC. The molecule has 33 heavy (non-hydrogen) atoms. The Hall–Kier alpha value is -4.27. The number of halogens is 2. The van der Waals surface area contributed by atoms with Crippen LogP contribution in [-0.4, -0.2) is 33.9 Å². The minimum atomic E-state index is -2.87. The molecule has 0 saturated heterocycles. The van der Waals surface area contributed by atoms with E-state index in [9.17, 15) is 13.6 Å². The van der Waals surface area contributed by atoms with Gasteiger partial charge in [-0.25, -0.2) is 9.97 Å². The third-order valence-electron chi connectivity index (χ3n) is 4.94. The molecular formula is C24H21F2N5O2. The van der Waals surface area contributed by atoms with E-state index in [0.29, 0.717) is 17.0 Å². The Bertz CT molecular complexity index is 1320. The summed E-state index contributed by atoms with van der Waals surface area (Å²) in [4.78, 5) is 21.0. The van der Waals surface area contributed by atoms with Crippen LogP contribution in [0.2, 0.25) is 0 Å². The van der Waals surface area contributed by atoms with Crippen molar-refractivity contribution in [3.05, 3.63) is 78.3 Å². The maximum absolute atomic E-state index is 12.4. The summed E-state index contributed by atoms with van der Waals surface area (Å²) in [5.74, 6) is 0.446. The van der Waals surface area contributed by atoms with Crippen LogP contribution in [-0.2, 0) is 0 Å². The second-order valence-corrected chi connectivity index (χ2v) is 7.02. The second kappa shape index (κ2) is 9.47. The van der Waals surface area contributed by atoms with Crippen LogP contribution < -0.4 is 15.4 Å². The number of carbonyl (C=O) groups is 1. The predicted molar refractivity (Wildman–Crippen MR) is 123 cm³/mol. The second-order valence-electron chi connectivity index (χ2n) is 7.02. The van der Waals surface area contributed by atoms with Crippen molar-refractivity contribution in [2.75, 3.05) is 12.4 Å². The molecule has 0 saturated carbocycles. The lowest BCUT2D eigenvalue weighted by atomic mass is 10.1. The number of aromatic nitrogens is 3. The molecule has 0 atom stereocenters. The highest BCUT2D eigenvalue weighted by Crippen LogP contribution is 2.28. The molecular weight excluding hydrogens is 428 g/mol. The van der Waals surface area contributed by atoms with Gasteiger partial charge in [-0.15, -0.1) is 0 Å². The Labute approximate surface area is 188 Å². The first-order chi connectivity index (χ1) is 16.0. The molecule has 0 aliphatic heterocycles. The Morgan fingerprint density at radius 3 is 2.64 bits per heavy atom. The van der Waals surface area contributed by atoms with Gasteiger partial charge in [-0.05, 0) is 55.0 Å². The van der Waals surface area contributed by atoms with Crippen molar-refractivity contribution in [3.63, 3.8) is 0 Å². The molecule has 0 bridgehead atoms. The molecule has 0 radical (unpaired) electrons. The van der Waals surface area contributed by atoms with Crippen LogP contribution in [0.1, 0.15) is 22.8 Å². The molecule has 9 heteroatoms. The Morgan fingerprint density at radius 2 is 1.94 bits per heavy atom. The topological polar surface area (TPSA) is 80.6 Å². The number of hydrogen-bond donors (Lipinski definition) is 2. The third kappa shape index (κ3) is 4.67. The molecule has 0 spiro atoms. The Balaban J connectivity index is 1.66. The van der Waals surface area contributed by atoms with E-state index >= 15 is 0 Å². The van der Waals surface area contributed by atoms with E-state index in [2.05, 4.69) is 25.3 Å². The van der Waals surface area contributed by atoms with Gasteiger partial charge in [0.25, 0.3) is 5.91 Å². The molecule has 2 aromatic heterocycles.